The van der Waals surface area contributed by atoms with Crippen LogP contribution in [0, 0.1) is 5.41 Å². The number of carbonyl (C=O) groups is 1. The van der Waals surface area contributed by atoms with Gasteiger partial charge < -0.3 is 0 Å². The highest BCUT2D eigenvalue weighted by Crippen LogP contribution is 1.61. The van der Waals surface area contributed by atoms with Gasteiger partial charge in [0, 0.05) is 6.92 Å². The van der Waals surface area contributed by atoms with Gasteiger partial charge in [-0.15, -0.1) is 12.4 Å². The molecule has 1 amide bonds. The van der Waals surface area contributed by atoms with Crippen LogP contribution in [0.3, 0.4) is 0 Å². The molecule has 0 rings (SSSR count). The molecule has 0 bridgehead atoms. The molecule has 1 N–H and O–H groups in total. The lowest BCUT2D eigenvalue weighted by Crippen LogP contribution is -1.76. The number of hydrogen-bond donors (Lipinski definition) is 1. The molecule has 0 fully saturated rings. The first-order valence-electron chi connectivity index (χ1n) is 1.40. The minimum absolute atomic E-state index is 0. The Labute approximate surface area is 47.4 Å². The van der Waals surface area contributed by atoms with Crippen LogP contribution < -0.4 is 0 Å². The fraction of sp³-hybridized carbons (Fsp3) is 0.333. The Morgan fingerprint density at radius 1 is 1.86 bits per heavy atom. The predicted octanol–water partition coefficient (Wildman–Crippen LogP) is 0.707. The van der Waals surface area contributed by atoms with E-state index in [9.17, 15) is 4.79 Å². The highest BCUT2D eigenvalue weighted by Gasteiger charge is 1.74. The van der Waals surface area contributed by atoms with Crippen LogP contribution in [0.4, 0.5) is 0 Å². The van der Waals surface area contributed by atoms with E-state index in [0.29, 0.717) is 0 Å². The summed E-state index contributed by atoms with van der Waals surface area (Å²) in [7, 11) is 0. The van der Waals surface area contributed by atoms with Crippen LogP contribution in [0.25, 0.3) is 0 Å². The number of rotatable bonds is 0. The van der Waals surface area contributed by atoms with E-state index < -0.39 is 0 Å². The molecule has 0 aliphatic heterocycles. The van der Waals surface area contributed by atoms with Crippen molar-refractivity contribution in [3.63, 3.8) is 0 Å². The lowest BCUT2D eigenvalue weighted by molar-refractivity contribution is -0.115. The van der Waals surface area contributed by atoms with E-state index in [2.05, 4.69) is 4.99 Å². The summed E-state index contributed by atoms with van der Waals surface area (Å²) in [4.78, 5) is 12.6. The molecule has 0 aliphatic rings. The molecule has 0 heterocycles. The molecule has 0 unspecified atom stereocenters. The number of amides is 1. The number of halogens is 1. The topological polar surface area (TPSA) is 53.3 Å². The van der Waals surface area contributed by atoms with Crippen molar-refractivity contribution in [2.75, 3.05) is 0 Å². The second-order valence-corrected chi connectivity index (χ2v) is 0.743. The summed E-state index contributed by atoms with van der Waals surface area (Å²) < 4.78 is 0. The molecule has 0 saturated carbocycles. The molecule has 0 radical (unpaired) electrons. The van der Waals surface area contributed by atoms with Gasteiger partial charge >= 0.3 is 0 Å². The van der Waals surface area contributed by atoms with E-state index in [-0.39, 0.29) is 18.3 Å². The molecule has 3 nitrogen and oxygen atoms in total. The van der Waals surface area contributed by atoms with Crippen LogP contribution in [0.5, 0.6) is 0 Å². The van der Waals surface area contributed by atoms with Crippen LogP contribution in [-0.2, 0) is 4.79 Å². The van der Waals surface area contributed by atoms with Gasteiger partial charge in [0.15, 0.2) is 0 Å². The summed E-state index contributed by atoms with van der Waals surface area (Å²) in [6.07, 6.45) is 0. The maximum Gasteiger partial charge on any atom is 0.251 e. The van der Waals surface area contributed by atoms with Gasteiger partial charge in [-0.05, 0) is 0 Å². The van der Waals surface area contributed by atoms with Crippen molar-refractivity contribution in [3.8, 4) is 0 Å². The van der Waals surface area contributed by atoms with E-state index >= 15 is 0 Å². The molecule has 0 aromatic rings. The smallest absolute Gasteiger partial charge is 0.251 e. The summed E-state index contributed by atoms with van der Waals surface area (Å²) in [5.41, 5.74) is 0. The van der Waals surface area contributed by atoms with E-state index in [1.807, 2.05) is 0 Å². The van der Waals surface area contributed by atoms with Crippen molar-refractivity contribution >= 4 is 24.3 Å². The van der Waals surface area contributed by atoms with Crippen LogP contribution in [-0.4, -0.2) is 11.9 Å². The van der Waals surface area contributed by atoms with Crippen LogP contribution in [0.2, 0.25) is 0 Å². The van der Waals surface area contributed by atoms with Gasteiger partial charge in [0.2, 0.25) is 0 Å². The van der Waals surface area contributed by atoms with Crippen LogP contribution in [0.15, 0.2) is 4.99 Å². The Hall–Kier alpha value is -0.660. The van der Waals surface area contributed by atoms with Gasteiger partial charge in [-0.1, -0.05) is 0 Å². The summed E-state index contributed by atoms with van der Waals surface area (Å²) >= 11 is 0. The summed E-state index contributed by atoms with van der Waals surface area (Å²) in [6.45, 7) is 1.27. The Morgan fingerprint density at radius 3 is 2.29 bits per heavy atom. The van der Waals surface area contributed by atoms with Gasteiger partial charge in [-0.3, -0.25) is 4.79 Å². The molecule has 4 heteroatoms. The fourth-order valence-electron chi connectivity index (χ4n) is 0.0787. The summed E-state index contributed by atoms with van der Waals surface area (Å²) in [5, 5.41) is 6.10. The van der Waals surface area contributed by atoms with Crippen LogP contribution >= 0.6 is 12.4 Å². The molecular weight excluding hydrogens is 115 g/mol. The van der Waals surface area contributed by atoms with Gasteiger partial charge in [0.05, 0.1) is 6.01 Å². The molecular formula is C3H5ClN2O. The molecule has 0 aliphatic carbocycles. The van der Waals surface area contributed by atoms with Crippen molar-refractivity contribution in [1.82, 2.24) is 0 Å². The van der Waals surface area contributed by atoms with E-state index in [1.54, 1.807) is 6.01 Å². The zero-order valence-corrected chi connectivity index (χ0v) is 4.58. The molecule has 7 heavy (non-hydrogen) atoms. The lowest BCUT2D eigenvalue weighted by Gasteiger charge is -1.63. The number of nitrogens with zero attached hydrogens (tertiary/aromatic N) is 1. The van der Waals surface area contributed by atoms with Gasteiger partial charge in [-0.25, -0.2) is 5.41 Å². The average molecular weight is 121 g/mol. The Morgan fingerprint density at radius 2 is 2.29 bits per heavy atom. The van der Waals surface area contributed by atoms with E-state index in [4.69, 9.17) is 5.41 Å². The zero-order valence-electron chi connectivity index (χ0n) is 3.76. The third-order valence-electron chi connectivity index (χ3n) is 0.213. The van der Waals surface area contributed by atoms with Crippen molar-refractivity contribution in [1.29, 1.82) is 5.41 Å². The van der Waals surface area contributed by atoms with E-state index in [0.717, 1.165) is 0 Å². The lowest BCUT2D eigenvalue weighted by atomic mass is 10.8. The van der Waals surface area contributed by atoms with E-state index in [1.165, 1.54) is 6.92 Å². The third kappa shape index (κ3) is 10.9. The minimum atomic E-state index is -0.384. The molecule has 0 atom stereocenters. The highest BCUT2D eigenvalue weighted by atomic mass is 35.5. The maximum absolute atomic E-state index is 9.69. The predicted molar refractivity (Wildman–Crippen MR) is 28.1 cm³/mol. The first kappa shape index (κ1) is 9.60. The first-order chi connectivity index (χ1) is 2.77. The SMILES string of the molecule is CC(=O)N=C=N.Cl. The Bertz CT molecular complexity index is 106. The van der Waals surface area contributed by atoms with Gasteiger partial charge in [-0.2, -0.15) is 4.99 Å². The van der Waals surface area contributed by atoms with Crippen LogP contribution in [0.1, 0.15) is 6.92 Å². The maximum atomic E-state index is 9.69. The quantitative estimate of drug-likeness (QED) is 0.471. The zero-order chi connectivity index (χ0) is 4.99. The normalized spacial score (nSPS) is 5.29. The highest BCUT2D eigenvalue weighted by molar-refractivity contribution is 5.85. The minimum Gasteiger partial charge on any atom is -0.272 e. The largest absolute Gasteiger partial charge is 0.272 e. The number of carbonyl (C=O) groups excluding carboxylic acids is 1. The summed E-state index contributed by atoms with van der Waals surface area (Å²) in [6, 6.07) is 1.59. The molecule has 0 spiro atoms. The number of nitrogens with one attached hydrogen (secondary N) is 1. The van der Waals surface area contributed by atoms with Crippen molar-refractivity contribution in [3.05, 3.63) is 0 Å². The first-order valence-corrected chi connectivity index (χ1v) is 1.40. The fourth-order valence-corrected chi connectivity index (χ4v) is 0.0787. The van der Waals surface area contributed by atoms with Gasteiger partial charge in [0.25, 0.3) is 5.91 Å². The Kier molecular flexibility index (Phi) is 7.32. The molecule has 0 saturated heterocycles. The second kappa shape index (κ2) is 5.34. The standard InChI is InChI=1S/C3H4N2O.ClH/c1-3(6)5-2-4;/h4H,1H3;1H. The monoisotopic (exact) mass is 120 g/mol. The Balaban J connectivity index is 0. The second-order valence-electron chi connectivity index (χ2n) is 0.743. The van der Waals surface area contributed by atoms with Crippen molar-refractivity contribution in [2.24, 2.45) is 4.99 Å². The summed E-state index contributed by atoms with van der Waals surface area (Å²) in [5.74, 6) is -0.384. The van der Waals surface area contributed by atoms with Gasteiger partial charge in [0.1, 0.15) is 0 Å². The molecule has 40 valence electrons. The van der Waals surface area contributed by atoms with Crippen molar-refractivity contribution in [2.45, 2.75) is 6.92 Å². The number of hydrogen-bond acceptors (Lipinski definition) is 2. The third-order valence-corrected chi connectivity index (χ3v) is 0.213. The molecule has 0 aromatic heterocycles. The number of aliphatic imine (C=N–C) groups is 1. The van der Waals surface area contributed by atoms with Crippen molar-refractivity contribution < 1.29 is 4.79 Å². The molecule has 0 aromatic carbocycles. The average Bonchev–Trinajstić information content (AvgIpc) is 1.35.